The minimum atomic E-state index is 0.00530. The van der Waals surface area contributed by atoms with Crippen LogP contribution in [0.3, 0.4) is 0 Å². The highest BCUT2D eigenvalue weighted by atomic mass is 14.8. The molecule has 0 fully saturated rings. The van der Waals surface area contributed by atoms with Gasteiger partial charge in [0.25, 0.3) is 0 Å². The Morgan fingerprint density at radius 1 is 0.944 bits per heavy atom. The number of benzene rings is 2. The van der Waals surface area contributed by atoms with E-state index in [-0.39, 0.29) is 5.54 Å². The van der Waals surface area contributed by atoms with Gasteiger partial charge in [-0.05, 0) is 24.0 Å². The Morgan fingerprint density at radius 2 is 1.50 bits per heavy atom. The van der Waals surface area contributed by atoms with Crippen LogP contribution in [0.2, 0.25) is 0 Å². The number of fused-ring (bicyclic) bond motifs is 1. The summed E-state index contributed by atoms with van der Waals surface area (Å²) in [6.45, 7) is 2.19. The SMILES string of the molecule is CCCC1(N)Cc2ccccc21.c1ccccc1. The molecule has 0 saturated heterocycles. The zero-order valence-electron chi connectivity index (χ0n) is 11.0. The van der Waals surface area contributed by atoms with E-state index in [4.69, 9.17) is 5.73 Å². The summed E-state index contributed by atoms with van der Waals surface area (Å²) < 4.78 is 0. The molecule has 1 nitrogen and oxygen atoms in total. The first-order valence-corrected chi connectivity index (χ1v) is 6.63. The second-order valence-corrected chi connectivity index (χ2v) is 4.89. The van der Waals surface area contributed by atoms with E-state index in [1.807, 2.05) is 36.4 Å². The van der Waals surface area contributed by atoms with Crippen LogP contribution in [0.25, 0.3) is 0 Å². The number of hydrogen-bond donors (Lipinski definition) is 1. The van der Waals surface area contributed by atoms with Gasteiger partial charge < -0.3 is 5.73 Å². The normalized spacial score (nSPS) is 20.1. The molecule has 0 radical (unpaired) electrons. The van der Waals surface area contributed by atoms with Crippen molar-refractivity contribution in [3.05, 3.63) is 71.8 Å². The lowest BCUT2D eigenvalue weighted by Gasteiger charge is -2.40. The molecule has 0 bridgehead atoms. The molecule has 1 aliphatic rings. The summed E-state index contributed by atoms with van der Waals surface area (Å²) in [4.78, 5) is 0. The third kappa shape index (κ3) is 2.80. The topological polar surface area (TPSA) is 26.0 Å². The monoisotopic (exact) mass is 239 g/mol. The second-order valence-electron chi connectivity index (χ2n) is 4.89. The molecule has 1 heteroatoms. The van der Waals surface area contributed by atoms with Crippen molar-refractivity contribution in [2.45, 2.75) is 31.7 Å². The van der Waals surface area contributed by atoms with Crippen molar-refractivity contribution in [2.24, 2.45) is 5.73 Å². The van der Waals surface area contributed by atoms with Gasteiger partial charge in [-0.2, -0.15) is 0 Å². The van der Waals surface area contributed by atoms with Crippen molar-refractivity contribution in [3.63, 3.8) is 0 Å². The highest BCUT2D eigenvalue weighted by molar-refractivity contribution is 5.43. The maximum atomic E-state index is 6.22. The fraction of sp³-hybridized carbons (Fsp3) is 0.294. The molecule has 2 aromatic rings. The molecule has 18 heavy (non-hydrogen) atoms. The average molecular weight is 239 g/mol. The minimum Gasteiger partial charge on any atom is -0.321 e. The van der Waals surface area contributed by atoms with Crippen LogP contribution in [0.1, 0.15) is 30.9 Å². The van der Waals surface area contributed by atoms with E-state index in [1.165, 1.54) is 17.5 Å². The molecule has 1 unspecified atom stereocenters. The van der Waals surface area contributed by atoms with Crippen molar-refractivity contribution in [2.75, 3.05) is 0 Å². The van der Waals surface area contributed by atoms with E-state index in [0.29, 0.717) is 0 Å². The smallest absolute Gasteiger partial charge is 0.0453 e. The van der Waals surface area contributed by atoms with Crippen molar-refractivity contribution in [1.29, 1.82) is 0 Å². The molecular formula is C17H21N. The van der Waals surface area contributed by atoms with E-state index >= 15 is 0 Å². The minimum absolute atomic E-state index is 0.00530. The lowest BCUT2D eigenvalue weighted by atomic mass is 9.69. The van der Waals surface area contributed by atoms with Crippen LogP contribution in [-0.4, -0.2) is 0 Å². The Morgan fingerprint density at radius 3 is 2.00 bits per heavy atom. The van der Waals surface area contributed by atoms with Crippen LogP contribution in [0.5, 0.6) is 0 Å². The number of hydrogen-bond acceptors (Lipinski definition) is 1. The summed E-state index contributed by atoms with van der Waals surface area (Å²) >= 11 is 0. The fourth-order valence-corrected chi connectivity index (χ4v) is 2.54. The van der Waals surface area contributed by atoms with E-state index in [1.54, 1.807) is 0 Å². The highest BCUT2D eigenvalue weighted by Gasteiger charge is 2.37. The van der Waals surface area contributed by atoms with Crippen LogP contribution in [0.15, 0.2) is 60.7 Å². The number of nitrogens with two attached hydrogens (primary N) is 1. The van der Waals surface area contributed by atoms with Gasteiger partial charge in [-0.1, -0.05) is 74.0 Å². The van der Waals surface area contributed by atoms with Gasteiger partial charge in [0.2, 0.25) is 0 Å². The van der Waals surface area contributed by atoms with Gasteiger partial charge in [-0.15, -0.1) is 0 Å². The summed E-state index contributed by atoms with van der Waals surface area (Å²) in [5, 5.41) is 0. The lowest BCUT2D eigenvalue weighted by Crippen LogP contribution is -2.46. The van der Waals surface area contributed by atoms with Gasteiger partial charge in [0.15, 0.2) is 0 Å². The number of rotatable bonds is 2. The van der Waals surface area contributed by atoms with Crippen LogP contribution in [0.4, 0.5) is 0 Å². The van der Waals surface area contributed by atoms with Gasteiger partial charge in [0.1, 0.15) is 0 Å². The van der Waals surface area contributed by atoms with Crippen molar-refractivity contribution < 1.29 is 0 Å². The van der Waals surface area contributed by atoms with Gasteiger partial charge >= 0.3 is 0 Å². The van der Waals surface area contributed by atoms with Gasteiger partial charge in [-0.25, -0.2) is 0 Å². The molecule has 2 N–H and O–H groups in total. The molecular weight excluding hydrogens is 218 g/mol. The molecule has 3 rings (SSSR count). The van der Waals surface area contributed by atoms with Crippen molar-refractivity contribution in [1.82, 2.24) is 0 Å². The Hall–Kier alpha value is -1.60. The maximum absolute atomic E-state index is 6.22. The van der Waals surface area contributed by atoms with Crippen LogP contribution < -0.4 is 5.73 Å². The van der Waals surface area contributed by atoms with Crippen molar-refractivity contribution in [3.8, 4) is 0 Å². The molecule has 0 heterocycles. The summed E-state index contributed by atoms with van der Waals surface area (Å²) in [6, 6.07) is 20.5. The zero-order valence-corrected chi connectivity index (χ0v) is 11.0. The maximum Gasteiger partial charge on any atom is 0.0453 e. The molecule has 2 aromatic carbocycles. The Balaban J connectivity index is 0.000000169. The quantitative estimate of drug-likeness (QED) is 0.845. The first-order chi connectivity index (χ1) is 8.76. The second kappa shape index (κ2) is 5.83. The van der Waals surface area contributed by atoms with E-state index in [2.05, 4.69) is 31.2 Å². The molecule has 0 spiro atoms. The highest BCUT2D eigenvalue weighted by Crippen LogP contribution is 2.39. The van der Waals surface area contributed by atoms with E-state index < -0.39 is 0 Å². The predicted molar refractivity (Wildman–Crippen MR) is 77.4 cm³/mol. The molecule has 94 valence electrons. The zero-order chi connectivity index (χ0) is 12.8. The largest absolute Gasteiger partial charge is 0.321 e. The lowest BCUT2D eigenvalue weighted by molar-refractivity contribution is 0.351. The van der Waals surface area contributed by atoms with E-state index in [9.17, 15) is 0 Å². The summed E-state index contributed by atoms with van der Waals surface area (Å²) in [5.74, 6) is 0. The summed E-state index contributed by atoms with van der Waals surface area (Å²) in [7, 11) is 0. The molecule has 0 aliphatic heterocycles. The van der Waals surface area contributed by atoms with Crippen LogP contribution in [0, 0.1) is 0 Å². The van der Waals surface area contributed by atoms with E-state index in [0.717, 1.165) is 12.8 Å². The average Bonchev–Trinajstić information content (AvgIpc) is 2.41. The summed E-state index contributed by atoms with van der Waals surface area (Å²) in [6.07, 6.45) is 3.35. The Labute approximate surface area is 110 Å². The molecule has 0 amide bonds. The van der Waals surface area contributed by atoms with Crippen LogP contribution >= 0.6 is 0 Å². The molecule has 1 aliphatic carbocycles. The predicted octanol–water partition coefficient (Wildman–Crippen LogP) is 3.88. The standard InChI is InChI=1S/C11H15N.C6H6/c1-2-7-11(12)8-9-5-3-4-6-10(9)11;1-2-4-6-5-3-1/h3-6H,2,7-8,12H2,1H3;1-6H. The first kappa shape index (κ1) is 12.8. The van der Waals surface area contributed by atoms with Gasteiger partial charge in [0, 0.05) is 5.54 Å². The van der Waals surface area contributed by atoms with Crippen LogP contribution in [-0.2, 0) is 12.0 Å². The van der Waals surface area contributed by atoms with Crippen molar-refractivity contribution >= 4 is 0 Å². The van der Waals surface area contributed by atoms with Gasteiger partial charge in [-0.3, -0.25) is 0 Å². The fourth-order valence-electron chi connectivity index (χ4n) is 2.54. The molecule has 0 aromatic heterocycles. The third-order valence-electron chi connectivity index (χ3n) is 3.42. The Kier molecular flexibility index (Phi) is 4.16. The third-order valence-corrected chi connectivity index (χ3v) is 3.42. The summed E-state index contributed by atoms with van der Waals surface area (Å²) in [5.41, 5.74) is 9.04. The Bertz CT molecular complexity index is 451. The molecule has 1 atom stereocenters. The van der Waals surface area contributed by atoms with Gasteiger partial charge in [0.05, 0.1) is 0 Å². The first-order valence-electron chi connectivity index (χ1n) is 6.63. The molecule has 0 saturated carbocycles.